The van der Waals surface area contributed by atoms with Crippen LogP contribution in [0.5, 0.6) is 0 Å². The highest BCUT2D eigenvalue weighted by Gasteiger charge is 2.13. The third kappa shape index (κ3) is 3.25. The van der Waals surface area contributed by atoms with Crippen LogP contribution in [-0.4, -0.2) is 26.0 Å². The first kappa shape index (κ1) is 14.9. The van der Waals surface area contributed by atoms with E-state index in [-0.39, 0.29) is 17.9 Å². The molecule has 0 saturated heterocycles. The van der Waals surface area contributed by atoms with E-state index >= 15 is 0 Å². The summed E-state index contributed by atoms with van der Waals surface area (Å²) in [7, 11) is 0. The summed E-state index contributed by atoms with van der Waals surface area (Å²) < 4.78 is 39.1. The number of hydrogen-bond donors (Lipinski definition) is 0. The number of halogens is 3. The molecular formula is C15H9F3N4O. The number of rotatable bonds is 4. The molecule has 0 radical (unpaired) electrons. The number of benzene rings is 2. The minimum atomic E-state index is -1.11. The number of tetrazole rings is 1. The van der Waals surface area contributed by atoms with E-state index in [2.05, 4.69) is 15.4 Å². The third-order valence-corrected chi connectivity index (χ3v) is 3.06. The highest BCUT2D eigenvalue weighted by atomic mass is 19.2. The van der Waals surface area contributed by atoms with Gasteiger partial charge in [-0.3, -0.25) is 4.79 Å². The third-order valence-electron chi connectivity index (χ3n) is 3.06. The fraction of sp³-hybridized carbons (Fsp3) is 0.0667. The lowest BCUT2D eigenvalue weighted by Crippen LogP contribution is -2.13. The van der Waals surface area contributed by atoms with Crippen LogP contribution >= 0.6 is 0 Å². The second-order valence-corrected chi connectivity index (χ2v) is 4.71. The SMILES string of the molecule is O=C(Cn1nnc(-c2cccc(F)c2)n1)c1ccc(F)c(F)c1. The van der Waals surface area contributed by atoms with Crippen LogP contribution in [-0.2, 0) is 6.54 Å². The first-order valence-corrected chi connectivity index (χ1v) is 6.55. The molecule has 1 heterocycles. The van der Waals surface area contributed by atoms with Crippen LogP contribution in [0.25, 0.3) is 11.4 Å². The minimum absolute atomic E-state index is 0.00601. The number of carbonyl (C=O) groups excluding carboxylic acids is 1. The molecule has 0 fully saturated rings. The molecule has 3 aromatic rings. The first-order chi connectivity index (χ1) is 11.0. The number of hydrogen-bond acceptors (Lipinski definition) is 4. The molecule has 1 aromatic heterocycles. The van der Waals surface area contributed by atoms with Crippen molar-refractivity contribution in [1.29, 1.82) is 0 Å². The number of aromatic nitrogens is 4. The number of carbonyl (C=O) groups is 1. The van der Waals surface area contributed by atoms with Gasteiger partial charge in [-0.2, -0.15) is 4.80 Å². The normalized spacial score (nSPS) is 10.7. The molecule has 0 N–H and O–H groups in total. The Hall–Kier alpha value is -3.03. The van der Waals surface area contributed by atoms with Gasteiger partial charge < -0.3 is 0 Å². The lowest BCUT2D eigenvalue weighted by Gasteiger charge is -2.00. The summed E-state index contributed by atoms with van der Waals surface area (Å²) >= 11 is 0. The van der Waals surface area contributed by atoms with E-state index in [1.54, 1.807) is 6.07 Å². The van der Waals surface area contributed by atoms with Crippen LogP contribution in [0.4, 0.5) is 13.2 Å². The van der Waals surface area contributed by atoms with E-state index in [9.17, 15) is 18.0 Å². The van der Waals surface area contributed by atoms with E-state index in [1.165, 1.54) is 24.3 Å². The molecule has 23 heavy (non-hydrogen) atoms. The molecule has 0 bridgehead atoms. The average molecular weight is 318 g/mol. The molecule has 3 rings (SSSR count). The van der Waals surface area contributed by atoms with Crippen molar-refractivity contribution in [2.75, 3.05) is 0 Å². The highest BCUT2D eigenvalue weighted by molar-refractivity contribution is 5.95. The molecule has 5 nitrogen and oxygen atoms in total. The fourth-order valence-electron chi connectivity index (χ4n) is 1.94. The van der Waals surface area contributed by atoms with Crippen LogP contribution in [0.15, 0.2) is 42.5 Å². The summed E-state index contributed by atoms with van der Waals surface area (Å²) in [5.41, 5.74) is 0.407. The predicted molar refractivity (Wildman–Crippen MR) is 73.9 cm³/mol. The fourth-order valence-corrected chi connectivity index (χ4v) is 1.94. The van der Waals surface area contributed by atoms with Crippen LogP contribution in [0.1, 0.15) is 10.4 Å². The van der Waals surface area contributed by atoms with Gasteiger partial charge in [0.05, 0.1) is 0 Å². The van der Waals surface area contributed by atoms with Crippen LogP contribution < -0.4 is 0 Å². The van der Waals surface area contributed by atoms with E-state index in [0.29, 0.717) is 5.56 Å². The van der Waals surface area contributed by atoms with Crippen molar-refractivity contribution in [3.05, 3.63) is 65.5 Å². The maximum atomic E-state index is 13.2. The minimum Gasteiger partial charge on any atom is -0.292 e. The van der Waals surface area contributed by atoms with Crippen molar-refractivity contribution < 1.29 is 18.0 Å². The maximum absolute atomic E-state index is 13.2. The Labute approximate surface area is 128 Å². The van der Waals surface area contributed by atoms with Gasteiger partial charge in [0.2, 0.25) is 5.82 Å². The molecule has 2 aromatic carbocycles. The Balaban J connectivity index is 1.78. The molecule has 0 saturated carbocycles. The zero-order chi connectivity index (χ0) is 16.4. The maximum Gasteiger partial charge on any atom is 0.205 e. The van der Waals surface area contributed by atoms with E-state index in [4.69, 9.17) is 0 Å². The van der Waals surface area contributed by atoms with Gasteiger partial charge in [-0.1, -0.05) is 12.1 Å². The van der Waals surface area contributed by atoms with E-state index in [1.807, 2.05) is 0 Å². The molecule has 0 aliphatic heterocycles. The lowest BCUT2D eigenvalue weighted by molar-refractivity contribution is 0.0961. The molecule has 8 heteroatoms. The van der Waals surface area contributed by atoms with Crippen molar-refractivity contribution in [3.63, 3.8) is 0 Å². The quantitative estimate of drug-likeness (QED) is 0.694. The molecule has 116 valence electrons. The van der Waals surface area contributed by atoms with Crippen LogP contribution in [0, 0.1) is 17.5 Å². The Bertz CT molecular complexity index is 879. The predicted octanol–water partition coefficient (Wildman–Crippen LogP) is 2.64. The number of ketones is 1. The van der Waals surface area contributed by atoms with Crippen molar-refractivity contribution >= 4 is 5.78 Å². The van der Waals surface area contributed by atoms with E-state index in [0.717, 1.165) is 16.9 Å². The Morgan fingerprint density at radius 1 is 1.04 bits per heavy atom. The summed E-state index contributed by atoms with van der Waals surface area (Å²) in [6.07, 6.45) is 0. The standard InChI is InChI=1S/C15H9F3N4O/c16-11-3-1-2-10(6-11)15-19-21-22(20-15)8-14(23)9-4-5-12(17)13(18)7-9/h1-7H,8H2. The topological polar surface area (TPSA) is 60.7 Å². The summed E-state index contributed by atoms with van der Waals surface area (Å²) in [6.45, 7) is -0.298. The largest absolute Gasteiger partial charge is 0.292 e. The summed E-state index contributed by atoms with van der Waals surface area (Å²) in [4.78, 5) is 13.0. The molecule has 0 unspecified atom stereocenters. The Morgan fingerprint density at radius 2 is 1.87 bits per heavy atom. The number of Topliss-reactive ketones (excluding diaryl/α,β-unsaturated/α-hetero) is 1. The van der Waals surface area contributed by atoms with Gasteiger partial charge in [0.25, 0.3) is 0 Å². The molecule has 0 aliphatic rings. The molecule has 0 amide bonds. The van der Waals surface area contributed by atoms with Crippen molar-refractivity contribution in [2.45, 2.75) is 6.54 Å². The number of nitrogens with zero attached hydrogens (tertiary/aromatic N) is 4. The smallest absolute Gasteiger partial charge is 0.205 e. The molecule has 0 spiro atoms. The molecule has 0 atom stereocenters. The Kier molecular flexibility index (Phi) is 3.88. The van der Waals surface area contributed by atoms with E-state index < -0.39 is 23.2 Å². The van der Waals surface area contributed by atoms with Crippen LogP contribution in [0.3, 0.4) is 0 Å². The van der Waals surface area contributed by atoms with Gasteiger partial charge in [-0.25, -0.2) is 13.2 Å². The summed E-state index contributed by atoms with van der Waals surface area (Å²) in [5.74, 6) is -2.94. The van der Waals surface area contributed by atoms with Crippen molar-refractivity contribution in [3.8, 4) is 11.4 Å². The lowest BCUT2D eigenvalue weighted by atomic mass is 10.1. The molecular weight excluding hydrogens is 309 g/mol. The van der Waals surface area contributed by atoms with Crippen molar-refractivity contribution in [2.24, 2.45) is 0 Å². The van der Waals surface area contributed by atoms with Gasteiger partial charge in [0.15, 0.2) is 17.4 Å². The van der Waals surface area contributed by atoms with Gasteiger partial charge in [-0.15, -0.1) is 10.2 Å². The second kappa shape index (κ2) is 5.99. The zero-order valence-corrected chi connectivity index (χ0v) is 11.6. The zero-order valence-electron chi connectivity index (χ0n) is 11.6. The Morgan fingerprint density at radius 3 is 2.61 bits per heavy atom. The summed E-state index contributed by atoms with van der Waals surface area (Å²) in [6, 6.07) is 8.46. The molecule has 0 aliphatic carbocycles. The van der Waals surface area contributed by atoms with Crippen LogP contribution in [0.2, 0.25) is 0 Å². The average Bonchev–Trinajstić information content (AvgIpc) is 2.98. The van der Waals surface area contributed by atoms with Gasteiger partial charge in [-0.05, 0) is 35.5 Å². The highest BCUT2D eigenvalue weighted by Crippen LogP contribution is 2.15. The van der Waals surface area contributed by atoms with Gasteiger partial charge in [0, 0.05) is 11.1 Å². The monoisotopic (exact) mass is 318 g/mol. The van der Waals surface area contributed by atoms with Crippen molar-refractivity contribution in [1.82, 2.24) is 20.2 Å². The van der Waals surface area contributed by atoms with Gasteiger partial charge >= 0.3 is 0 Å². The first-order valence-electron chi connectivity index (χ1n) is 6.55. The van der Waals surface area contributed by atoms with Gasteiger partial charge in [0.1, 0.15) is 12.4 Å². The summed E-state index contributed by atoms with van der Waals surface area (Å²) in [5, 5.41) is 11.4. The second-order valence-electron chi connectivity index (χ2n) is 4.71.